The topological polar surface area (TPSA) is 62.6 Å². The van der Waals surface area contributed by atoms with E-state index in [0.717, 1.165) is 43.0 Å². The molecule has 2 aliphatic rings. The van der Waals surface area contributed by atoms with E-state index in [1.165, 1.54) is 12.1 Å². The summed E-state index contributed by atoms with van der Waals surface area (Å²) in [6.45, 7) is 7.36. The van der Waals surface area contributed by atoms with Crippen molar-refractivity contribution in [2.75, 3.05) is 56.0 Å². The number of hydrogen-bond donors (Lipinski definition) is 1. The SMILES string of the molecule is CC(CN1CCN(c2ccc(Cl)cc2)CC1)C(=O)N1CCC(Nc2ccc(C#N)c(C(F)(F)F)c2)CC1. The molecule has 2 saturated heterocycles. The first-order chi connectivity index (χ1) is 17.6. The Balaban J connectivity index is 1.23. The minimum absolute atomic E-state index is 0.0330. The predicted octanol–water partition coefficient (Wildman–Crippen LogP) is 5.09. The number of likely N-dealkylation sites (tertiary alicyclic amines) is 1. The maximum absolute atomic E-state index is 13.3. The van der Waals surface area contributed by atoms with E-state index in [0.29, 0.717) is 38.2 Å². The number of piperidine rings is 1. The van der Waals surface area contributed by atoms with Gasteiger partial charge in [-0.3, -0.25) is 9.69 Å². The lowest BCUT2D eigenvalue weighted by molar-refractivity contribution is -0.138. The molecule has 0 saturated carbocycles. The molecule has 4 rings (SSSR count). The molecule has 0 spiro atoms. The number of nitrogens with one attached hydrogen (secondary N) is 1. The number of halogens is 4. The summed E-state index contributed by atoms with van der Waals surface area (Å²) in [7, 11) is 0. The second kappa shape index (κ2) is 11.6. The summed E-state index contributed by atoms with van der Waals surface area (Å²) in [5.74, 6) is -0.00391. The third-order valence-corrected chi connectivity index (χ3v) is 7.39. The third kappa shape index (κ3) is 6.88. The van der Waals surface area contributed by atoms with Gasteiger partial charge in [0.2, 0.25) is 5.91 Å². The number of hydrogen-bond acceptors (Lipinski definition) is 5. The summed E-state index contributed by atoms with van der Waals surface area (Å²) >= 11 is 5.99. The number of carbonyl (C=O) groups excluding carboxylic acids is 1. The van der Waals surface area contributed by atoms with E-state index < -0.39 is 11.7 Å². The second-order valence-electron chi connectivity index (χ2n) is 9.78. The Labute approximate surface area is 220 Å². The van der Waals surface area contributed by atoms with Crippen molar-refractivity contribution in [3.8, 4) is 6.07 Å². The quantitative estimate of drug-likeness (QED) is 0.560. The van der Waals surface area contributed by atoms with Crippen LogP contribution in [0.2, 0.25) is 5.02 Å². The number of piperazine rings is 1. The molecule has 2 heterocycles. The number of benzene rings is 2. The van der Waals surface area contributed by atoms with Gasteiger partial charge in [-0.1, -0.05) is 18.5 Å². The fourth-order valence-corrected chi connectivity index (χ4v) is 5.19. The summed E-state index contributed by atoms with van der Waals surface area (Å²) in [5, 5.41) is 12.8. The molecule has 0 bridgehead atoms. The van der Waals surface area contributed by atoms with Gasteiger partial charge >= 0.3 is 6.18 Å². The second-order valence-corrected chi connectivity index (χ2v) is 10.2. The van der Waals surface area contributed by atoms with Gasteiger partial charge in [-0.2, -0.15) is 18.4 Å². The molecule has 0 radical (unpaired) electrons. The Morgan fingerprint density at radius 3 is 2.32 bits per heavy atom. The van der Waals surface area contributed by atoms with Crippen LogP contribution in [0.4, 0.5) is 24.5 Å². The van der Waals surface area contributed by atoms with Crippen molar-refractivity contribution in [2.45, 2.75) is 32.0 Å². The number of rotatable bonds is 6. The normalized spacial score (nSPS) is 18.4. The molecule has 2 fully saturated rings. The van der Waals surface area contributed by atoms with Crippen LogP contribution in [0.3, 0.4) is 0 Å². The lowest BCUT2D eigenvalue weighted by Gasteiger charge is -2.38. The molecule has 37 heavy (non-hydrogen) atoms. The number of amides is 1. The van der Waals surface area contributed by atoms with Gasteiger partial charge in [-0.05, 0) is 55.3 Å². The van der Waals surface area contributed by atoms with Gasteiger partial charge < -0.3 is 15.1 Å². The highest BCUT2D eigenvalue weighted by Gasteiger charge is 2.34. The first kappa shape index (κ1) is 27.1. The number of nitriles is 1. The highest BCUT2D eigenvalue weighted by Crippen LogP contribution is 2.34. The van der Waals surface area contributed by atoms with Crippen LogP contribution in [-0.2, 0) is 11.0 Å². The molecule has 6 nitrogen and oxygen atoms in total. The average molecular weight is 534 g/mol. The highest BCUT2D eigenvalue weighted by atomic mass is 35.5. The maximum atomic E-state index is 13.3. The molecule has 2 aromatic rings. The zero-order valence-corrected chi connectivity index (χ0v) is 21.5. The third-order valence-electron chi connectivity index (χ3n) is 7.14. The first-order valence-corrected chi connectivity index (χ1v) is 12.9. The van der Waals surface area contributed by atoms with Crippen LogP contribution >= 0.6 is 11.6 Å². The van der Waals surface area contributed by atoms with Crippen molar-refractivity contribution in [2.24, 2.45) is 5.92 Å². The van der Waals surface area contributed by atoms with Crippen molar-refractivity contribution >= 4 is 28.9 Å². The zero-order valence-electron chi connectivity index (χ0n) is 20.8. The maximum Gasteiger partial charge on any atom is 0.417 e. The summed E-state index contributed by atoms with van der Waals surface area (Å²) in [5.41, 5.74) is 0.164. The molecule has 1 N–H and O–H groups in total. The molecule has 1 amide bonds. The van der Waals surface area contributed by atoms with Crippen molar-refractivity contribution in [1.29, 1.82) is 5.26 Å². The van der Waals surface area contributed by atoms with Crippen molar-refractivity contribution in [1.82, 2.24) is 9.80 Å². The van der Waals surface area contributed by atoms with Gasteiger partial charge in [0.15, 0.2) is 0 Å². The number of anilines is 2. The fourth-order valence-electron chi connectivity index (χ4n) is 5.06. The van der Waals surface area contributed by atoms with E-state index in [-0.39, 0.29) is 23.4 Å². The van der Waals surface area contributed by atoms with Gasteiger partial charge in [0.25, 0.3) is 0 Å². The minimum atomic E-state index is -4.59. The monoisotopic (exact) mass is 533 g/mol. The molecule has 1 unspecified atom stereocenters. The molecule has 10 heteroatoms. The minimum Gasteiger partial charge on any atom is -0.382 e. The fraction of sp³-hybridized carbons (Fsp3) is 0.481. The van der Waals surface area contributed by atoms with Gasteiger partial charge in [0.05, 0.1) is 17.2 Å². The van der Waals surface area contributed by atoms with E-state index >= 15 is 0 Å². The summed E-state index contributed by atoms with van der Waals surface area (Å²) in [4.78, 5) is 19.6. The Hall–Kier alpha value is -2.96. The smallest absolute Gasteiger partial charge is 0.382 e. The van der Waals surface area contributed by atoms with Crippen molar-refractivity contribution in [3.05, 3.63) is 58.6 Å². The largest absolute Gasteiger partial charge is 0.417 e. The van der Waals surface area contributed by atoms with Crippen LogP contribution < -0.4 is 10.2 Å². The van der Waals surface area contributed by atoms with Crippen LogP contribution in [0.5, 0.6) is 0 Å². The van der Waals surface area contributed by atoms with E-state index in [1.54, 1.807) is 6.07 Å². The van der Waals surface area contributed by atoms with E-state index in [1.807, 2.05) is 36.1 Å². The van der Waals surface area contributed by atoms with Gasteiger partial charge in [-0.15, -0.1) is 0 Å². The highest BCUT2D eigenvalue weighted by molar-refractivity contribution is 6.30. The summed E-state index contributed by atoms with van der Waals surface area (Å²) in [6.07, 6.45) is -3.28. The van der Waals surface area contributed by atoms with Crippen LogP contribution in [0.1, 0.15) is 30.9 Å². The Morgan fingerprint density at radius 1 is 1.08 bits per heavy atom. The summed E-state index contributed by atoms with van der Waals surface area (Å²) in [6, 6.07) is 13.1. The van der Waals surface area contributed by atoms with Crippen LogP contribution in [0.25, 0.3) is 0 Å². The molecule has 2 aromatic carbocycles. The number of nitrogens with zero attached hydrogens (tertiary/aromatic N) is 4. The summed E-state index contributed by atoms with van der Waals surface area (Å²) < 4.78 is 39.8. The zero-order chi connectivity index (χ0) is 26.6. The van der Waals surface area contributed by atoms with Gasteiger partial charge in [-0.25, -0.2) is 0 Å². The van der Waals surface area contributed by atoms with Gasteiger partial charge in [0, 0.05) is 74.2 Å². The Bertz CT molecular complexity index is 1120. The molecule has 1 atom stereocenters. The molecular weight excluding hydrogens is 503 g/mol. The number of alkyl halides is 3. The van der Waals surface area contributed by atoms with E-state index in [9.17, 15) is 18.0 Å². The van der Waals surface area contributed by atoms with E-state index in [2.05, 4.69) is 15.1 Å². The van der Waals surface area contributed by atoms with Gasteiger partial charge in [0.1, 0.15) is 0 Å². The number of carbonyl (C=O) groups is 1. The van der Waals surface area contributed by atoms with Crippen LogP contribution in [-0.4, -0.2) is 67.6 Å². The van der Waals surface area contributed by atoms with Crippen molar-refractivity contribution in [3.63, 3.8) is 0 Å². The van der Waals surface area contributed by atoms with Crippen LogP contribution in [0.15, 0.2) is 42.5 Å². The van der Waals surface area contributed by atoms with Crippen LogP contribution in [0, 0.1) is 17.2 Å². The van der Waals surface area contributed by atoms with E-state index in [4.69, 9.17) is 16.9 Å². The molecular formula is C27H31ClF3N5O. The lowest BCUT2D eigenvalue weighted by Crippen LogP contribution is -2.50. The molecule has 0 aliphatic carbocycles. The predicted molar refractivity (Wildman–Crippen MR) is 139 cm³/mol. The Kier molecular flexibility index (Phi) is 8.50. The van der Waals surface area contributed by atoms with Crippen molar-refractivity contribution < 1.29 is 18.0 Å². The lowest BCUT2D eigenvalue weighted by atomic mass is 10.0. The molecule has 2 aliphatic heterocycles. The average Bonchev–Trinajstić information content (AvgIpc) is 2.89. The standard InChI is InChI=1S/C27H31ClF3N5O/c1-19(18-34-12-14-35(15-13-34)24-6-3-21(28)4-7-24)26(37)36-10-8-22(9-11-36)33-23-5-2-20(17-32)25(16-23)27(29,30)31/h2-7,16,19,22,33H,8-15,18H2,1H3. The molecule has 198 valence electrons. The molecule has 0 aromatic heterocycles. The first-order valence-electron chi connectivity index (χ1n) is 12.5. The Morgan fingerprint density at radius 2 is 1.73 bits per heavy atom.